The second-order valence-corrected chi connectivity index (χ2v) is 22.6. The lowest BCUT2D eigenvalue weighted by atomic mass is 9.82. The van der Waals surface area contributed by atoms with E-state index in [-0.39, 0.29) is 70.8 Å². The normalized spacial score (nSPS) is 19.9. The Balaban J connectivity index is 1.49. The molecule has 0 aromatic heterocycles. The summed E-state index contributed by atoms with van der Waals surface area (Å²) in [6, 6.07) is 38.3. The average molecular weight is 916 g/mol. The average Bonchev–Trinajstić information content (AvgIpc) is 3.30. The first-order chi connectivity index (χ1) is 31.4. The Morgan fingerprint density at radius 1 is 0.708 bits per heavy atom. The van der Waals surface area contributed by atoms with Crippen molar-refractivity contribution in [2.24, 2.45) is 0 Å². The summed E-state index contributed by atoms with van der Waals surface area (Å²) in [4.78, 5) is 26.0. The summed E-state index contributed by atoms with van der Waals surface area (Å²) >= 11 is 0. The Bertz CT molecular complexity index is 1920. The SMILES string of the molecule is CC(=O)N[C@H]1[C@H]([C@H](OCOCc2ccccc2)[C@@H](COCOCc2ccccc2)OCOCc2ccccc2)O[C@](CC=O)(CO[Si](C)(C)C(C)(C)C)C[C@@H]1OCOCc1ccccc1. The molecule has 4 aromatic carbocycles. The summed E-state index contributed by atoms with van der Waals surface area (Å²) in [5.41, 5.74) is 2.69. The summed E-state index contributed by atoms with van der Waals surface area (Å²) < 4.78 is 64.2. The van der Waals surface area contributed by atoms with Gasteiger partial charge in [0, 0.05) is 19.8 Å². The van der Waals surface area contributed by atoms with Crippen molar-refractivity contribution in [3.63, 3.8) is 0 Å². The quantitative estimate of drug-likeness (QED) is 0.0242. The molecule has 6 atom stereocenters. The summed E-state index contributed by atoms with van der Waals surface area (Å²) in [6.45, 7) is 13.0. The minimum Gasteiger partial charge on any atom is -0.414 e. The maximum atomic E-state index is 13.2. The van der Waals surface area contributed by atoms with E-state index in [0.717, 1.165) is 28.5 Å². The van der Waals surface area contributed by atoms with Crippen LogP contribution in [-0.2, 0) is 83.1 Å². The number of rotatable bonds is 29. The highest BCUT2D eigenvalue weighted by molar-refractivity contribution is 6.74. The van der Waals surface area contributed by atoms with Crippen molar-refractivity contribution in [3.05, 3.63) is 144 Å². The maximum absolute atomic E-state index is 13.2. The molecular weight excluding hydrogens is 847 g/mol. The molecule has 1 heterocycles. The Morgan fingerprint density at radius 3 is 1.63 bits per heavy atom. The molecule has 0 radical (unpaired) electrons. The van der Waals surface area contributed by atoms with Crippen LogP contribution in [0.4, 0.5) is 0 Å². The first-order valence-electron chi connectivity index (χ1n) is 22.3. The second kappa shape index (κ2) is 26.8. The monoisotopic (exact) mass is 915 g/mol. The number of aldehydes is 1. The zero-order chi connectivity index (χ0) is 46.4. The van der Waals surface area contributed by atoms with Crippen LogP contribution in [0.1, 0.15) is 62.8 Å². The van der Waals surface area contributed by atoms with Crippen LogP contribution in [0.5, 0.6) is 0 Å². The molecule has 0 saturated carbocycles. The zero-order valence-corrected chi connectivity index (χ0v) is 39.9. The minimum atomic E-state index is -2.39. The zero-order valence-electron chi connectivity index (χ0n) is 38.9. The van der Waals surface area contributed by atoms with Crippen molar-refractivity contribution in [1.82, 2.24) is 5.32 Å². The van der Waals surface area contributed by atoms with E-state index in [9.17, 15) is 9.59 Å². The summed E-state index contributed by atoms with van der Waals surface area (Å²) in [7, 11) is -2.39. The van der Waals surface area contributed by atoms with Gasteiger partial charge in [-0.25, -0.2) is 0 Å². The molecule has 1 aliphatic rings. The van der Waals surface area contributed by atoms with Crippen LogP contribution in [0.15, 0.2) is 121 Å². The number of amides is 1. The van der Waals surface area contributed by atoms with Crippen molar-refractivity contribution >= 4 is 20.5 Å². The van der Waals surface area contributed by atoms with E-state index in [2.05, 4.69) is 39.2 Å². The highest BCUT2D eigenvalue weighted by Crippen LogP contribution is 2.41. The number of hydrogen-bond acceptors (Lipinski definition) is 12. The molecule has 0 spiro atoms. The second-order valence-electron chi connectivity index (χ2n) is 17.8. The third-order valence-corrected chi connectivity index (χ3v) is 16.2. The molecule has 1 fully saturated rings. The van der Waals surface area contributed by atoms with Crippen LogP contribution in [0, 0.1) is 0 Å². The lowest BCUT2D eigenvalue weighted by molar-refractivity contribution is -0.275. The highest BCUT2D eigenvalue weighted by atomic mass is 28.4. The highest BCUT2D eigenvalue weighted by Gasteiger charge is 2.54. The van der Waals surface area contributed by atoms with E-state index in [1.54, 1.807) is 0 Å². The molecule has 1 saturated heterocycles. The largest absolute Gasteiger partial charge is 0.414 e. The first kappa shape index (κ1) is 51.8. The number of nitrogens with one attached hydrogen (secondary N) is 1. The van der Waals surface area contributed by atoms with Gasteiger partial charge in [-0.3, -0.25) is 4.79 Å². The van der Waals surface area contributed by atoms with E-state index in [1.807, 2.05) is 121 Å². The fourth-order valence-electron chi connectivity index (χ4n) is 7.13. The smallest absolute Gasteiger partial charge is 0.217 e. The van der Waals surface area contributed by atoms with Gasteiger partial charge in [0.05, 0.1) is 57.4 Å². The number of hydrogen-bond donors (Lipinski definition) is 1. The Morgan fingerprint density at radius 2 is 1.17 bits per heavy atom. The van der Waals surface area contributed by atoms with Gasteiger partial charge in [0.25, 0.3) is 0 Å². The molecule has 5 rings (SSSR count). The van der Waals surface area contributed by atoms with Gasteiger partial charge in [-0.05, 0) is 40.4 Å². The topological polar surface area (TPSA) is 138 Å². The fraction of sp³-hybridized carbons (Fsp3) is 0.490. The van der Waals surface area contributed by atoms with Gasteiger partial charge in [-0.2, -0.15) is 0 Å². The molecular formula is C51H69NO12Si. The lowest BCUT2D eigenvalue weighted by Gasteiger charge is -2.51. The molecule has 0 aliphatic carbocycles. The molecule has 14 heteroatoms. The molecule has 1 amide bonds. The molecule has 4 aromatic rings. The van der Waals surface area contributed by atoms with Crippen molar-refractivity contribution in [1.29, 1.82) is 0 Å². The molecule has 354 valence electrons. The predicted octanol–water partition coefficient (Wildman–Crippen LogP) is 8.50. The van der Waals surface area contributed by atoms with Crippen molar-refractivity contribution in [3.8, 4) is 0 Å². The molecule has 1 N–H and O–H groups in total. The summed E-state index contributed by atoms with van der Waals surface area (Å²) in [6.07, 6.45) is -2.64. The third-order valence-electron chi connectivity index (χ3n) is 11.7. The van der Waals surface area contributed by atoms with E-state index in [0.29, 0.717) is 19.8 Å². The number of carbonyl (C=O) groups excluding carboxylic acids is 2. The van der Waals surface area contributed by atoms with Crippen LogP contribution in [-0.4, -0.2) is 97.0 Å². The van der Waals surface area contributed by atoms with Gasteiger partial charge in [-0.1, -0.05) is 142 Å². The number of carbonyl (C=O) groups is 2. The van der Waals surface area contributed by atoms with Gasteiger partial charge in [-0.15, -0.1) is 0 Å². The molecule has 13 nitrogen and oxygen atoms in total. The van der Waals surface area contributed by atoms with Crippen LogP contribution in [0.3, 0.4) is 0 Å². The van der Waals surface area contributed by atoms with Crippen molar-refractivity contribution in [2.45, 2.75) is 121 Å². The minimum absolute atomic E-state index is 0.0254. The summed E-state index contributed by atoms with van der Waals surface area (Å²) in [5.74, 6) is -0.323. The maximum Gasteiger partial charge on any atom is 0.217 e. The Hall–Kier alpha value is -4.16. The Kier molecular flexibility index (Phi) is 21.4. The van der Waals surface area contributed by atoms with Gasteiger partial charge < -0.3 is 57.2 Å². The van der Waals surface area contributed by atoms with Crippen molar-refractivity contribution in [2.75, 3.05) is 40.4 Å². The van der Waals surface area contributed by atoms with Gasteiger partial charge in [0.2, 0.25) is 5.91 Å². The molecule has 65 heavy (non-hydrogen) atoms. The van der Waals surface area contributed by atoms with Gasteiger partial charge >= 0.3 is 0 Å². The van der Waals surface area contributed by atoms with E-state index in [1.165, 1.54) is 6.92 Å². The van der Waals surface area contributed by atoms with E-state index >= 15 is 0 Å². The van der Waals surface area contributed by atoms with Crippen LogP contribution >= 0.6 is 0 Å². The third kappa shape index (κ3) is 17.5. The standard InChI is InChI=1S/C51H69NO12Si/c1-40(54)52-47-45(60-37-56-31-42-21-13-8-14-22-42)29-51(27-28-53,35-63-65(5,6)50(2,3)4)64-49(47)48(62-39-58-33-44-25-17-10-18-26-44)46(61-38-57-32-43-23-15-9-16-24-43)34-59-36-55-30-41-19-11-7-12-20-41/h7-26,28,45-49H,27,29-39H2,1-6H3,(H,52,54)/t45-,46+,47+,48+,49+,51-/m0/s1. The van der Waals surface area contributed by atoms with Crippen molar-refractivity contribution < 1.29 is 56.6 Å². The van der Waals surface area contributed by atoms with Crippen LogP contribution in [0.2, 0.25) is 18.1 Å². The number of benzene rings is 4. The molecule has 0 unspecified atom stereocenters. The van der Waals surface area contributed by atoms with Crippen LogP contribution < -0.4 is 5.32 Å². The van der Waals surface area contributed by atoms with Gasteiger partial charge in [0.1, 0.15) is 51.8 Å². The molecule has 1 aliphatic heterocycles. The Labute approximate surface area is 386 Å². The number of ether oxygens (including phenoxy) is 9. The molecule has 0 bridgehead atoms. The first-order valence-corrected chi connectivity index (χ1v) is 25.2. The van der Waals surface area contributed by atoms with E-state index in [4.69, 9.17) is 47.1 Å². The predicted molar refractivity (Wildman–Crippen MR) is 249 cm³/mol. The van der Waals surface area contributed by atoms with E-state index < -0.39 is 44.4 Å². The van der Waals surface area contributed by atoms with Crippen LogP contribution in [0.25, 0.3) is 0 Å². The fourth-order valence-corrected chi connectivity index (χ4v) is 8.19. The lowest BCUT2D eigenvalue weighted by Crippen LogP contribution is -2.68. The summed E-state index contributed by atoms with van der Waals surface area (Å²) in [5, 5.41) is 2.98. The van der Waals surface area contributed by atoms with Gasteiger partial charge in [0.15, 0.2) is 8.32 Å².